The topological polar surface area (TPSA) is 105 Å². The molecule has 4 aromatic rings. The minimum absolute atomic E-state index is 0.0156. The zero-order chi connectivity index (χ0) is 58.4. The Kier molecular flexibility index (Phi) is 17.5. The van der Waals surface area contributed by atoms with Gasteiger partial charge in [-0.3, -0.25) is 9.13 Å². The lowest BCUT2D eigenvalue weighted by molar-refractivity contribution is -0.0680. The first-order valence-electron chi connectivity index (χ1n) is 28.1. The predicted octanol–water partition coefficient (Wildman–Crippen LogP) is 16.9. The van der Waals surface area contributed by atoms with E-state index in [9.17, 15) is 9.13 Å². The zero-order valence-electron chi connectivity index (χ0n) is 52.1. The molecule has 2 aliphatic rings. The molecule has 0 aromatic heterocycles. The Morgan fingerprint density at radius 2 is 0.545 bits per heavy atom. The second kappa shape index (κ2) is 21.1. The summed E-state index contributed by atoms with van der Waals surface area (Å²) in [5.74, 6) is 0. The van der Waals surface area contributed by atoms with Crippen molar-refractivity contribution in [2.45, 2.75) is 209 Å². The maximum Gasteiger partial charge on any atom is 0.331 e. The Hall–Kier alpha value is -2.36. The van der Waals surface area contributed by atoms with E-state index in [1.807, 2.05) is 0 Å². The Morgan fingerprint density at radius 3 is 0.714 bits per heavy atom. The maximum absolute atomic E-state index is 16.7. The SMILES string of the molecule is CC(C)(C)c1ccc(P(=O)(CCP2(=O)OCC3(CO2)COP(=O)(CCP(=O)(c2ccc(C(C)(C)C)cc2C(C)(C)C)c2ccc(C(C)(C)C)cc2C(C)(C)C)OC3)c2ccc(C(C)(C)C)cc2C(C)(C)C)c(C(C)(C)C)c1. The van der Waals surface area contributed by atoms with Crippen molar-refractivity contribution in [2.75, 3.05) is 51.1 Å². The molecule has 428 valence electrons. The summed E-state index contributed by atoms with van der Waals surface area (Å²) < 4.78 is 88.5. The molecule has 2 fully saturated rings. The second-order valence-electron chi connectivity index (χ2n) is 31.1. The normalized spacial score (nSPS) is 21.9. The maximum atomic E-state index is 16.7. The molecule has 0 N–H and O–H groups in total. The highest BCUT2D eigenvalue weighted by molar-refractivity contribution is 7.80. The predicted molar refractivity (Wildman–Crippen MR) is 330 cm³/mol. The summed E-state index contributed by atoms with van der Waals surface area (Å²) in [6, 6.07) is 25.6. The third-order valence-corrected chi connectivity index (χ3v) is 26.6. The van der Waals surface area contributed by atoms with Crippen LogP contribution in [0.1, 0.15) is 211 Å². The molecule has 4 aromatic carbocycles. The van der Waals surface area contributed by atoms with Crippen LogP contribution in [-0.4, -0.2) is 51.1 Å². The first kappa shape index (κ1) is 63.8. The van der Waals surface area contributed by atoms with Crippen molar-refractivity contribution in [3.8, 4) is 0 Å². The quantitative estimate of drug-likeness (QED) is 0.145. The molecule has 0 unspecified atom stereocenters. The van der Waals surface area contributed by atoms with Gasteiger partial charge in [-0.15, -0.1) is 0 Å². The summed E-state index contributed by atoms with van der Waals surface area (Å²) in [4.78, 5) is 0. The summed E-state index contributed by atoms with van der Waals surface area (Å²) in [5.41, 5.74) is 5.82. The van der Waals surface area contributed by atoms with Gasteiger partial charge in [-0.25, -0.2) is 0 Å². The van der Waals surface area contributed by atoms with E-state index in [1.165, 1.54) is 0 Å². The largest absolute Gasteiger partial charge is 0.331 e. The van der Waals surface area contributed by atoms with Crippen LogP contribution in [0.15, 0.2) is 72.8 Å². The molecule has 2 aliphatic heterocycles. The molecule has 2 saturated heterocycles. The molecule has 0 bridgehead atoms. The molecular weight excluding hydrogens is 1030 g/mol. The molecule has 8 nitrogen and oxygen atoms in total. The molecule has 6 rings (SSSR count). The molecule has 0 amide bonds. The highest BCUT2D eigenvalue weighted by Gasteiger charge is 2.51. The molecule has 1 spiro atoms. The van der Waals surface area contributed by atoms with Crippen molar-refractivity contribution < 1.29 is 36.4 Å². The summed E-state index contributed by atoms with van der Waals surface area (Å²) >= 11 is 0. The Morgan fingerprint density at radius 1 is 0.351 bits per heavy atom. The average molecular weight is 1130 g/mol. The van der Waals surface area contributed by atoms with Crippen molar-refractivity contribution in [2.24, 2.45) is 5.41 Å². The van der Waals surface area contributed by atoms with Gasteiger partial charge in [-0.2, -0.15) is 0 Å². The fourth-order valence-electron chi connectivity index (χ4n) is 10.5. The summed E-state index contributed by atoms with van der Waals surface area (Å²) in [6.07, 6.45) is 0.0134. The van der Waals surface area contributed by atoms with Crippen LogP contribution in [0.4, 0.5) is 0 Å². The monoisotopic (exact) mass is 1130 g/mol. The van der Waals surface area contributed by atoms with Gasteiger partial charge in [0.15, 0.2) is 0 Å². The van der Waals surface area contributed by atoms with E-state index in [2.05, 4.69) is 239 Å². The van der Waals surface area contributed by atoms with Gasteiger partial charge in [-0.05, 0) is 87.8 Å². The van der Waals surface area contributed by atoms with Gasteiger partial charge in [0.25, 0.3) is 0 Å². The van der Waals surface area contributed by atoms with Crippen LogP contribution >= 0.6 is 29.5 Å². The van der Waals surface area contributed by atoms with Crippen LogP contribution < -0.4 is 21.2 Å². The lowest BCUT2D eigenvalue weighted by atomic mass is 9.80. The van der Waals surface area contributed by atoms with Crippen molar-refractivity contribution in [3.63, 3.8) is 0 Å². The van der Waals surface area contributed by atoms with Crippen molar-refractivity contribution >= 4 is 50.7 Å². The molecule has 0 aliphatic carbocycles. The van der Waals surface area contributed by atoms with E-state index >= 15 is 9.13 Å². The second-order valence-corrected chi connectivity index (χ2v) is 41.3. The van der Waals surface area contributed by atoms with Gasteiger partial charge in [-0.1, -0.05) is 239 Å². The third-order valence-electron chi connectivity index (χ3n) is 15.9. The van der Waals surface area contributed by atoms with E-state index in [0.717, 1.165) is 65.7 Å². The lowest BCUT2D eigenvalue weighted by Crippen LogP contribution is -2.46. The van der Waals surface area contributed by atoms with Gasteiger partial charge in [0, 0.05) is 33.5 Å². The molecule has 2 heterocycles. The smallest absolute Gasteiger partial charge is 0.314 e. The van der Waals surface area contributed by atoms with E-state index in [4.69, 9.17) is 18.1 Å². The van der Waals surface area contributed by atoms with E-state index in [0.29, 0.717) is 0 Å². The Balaban J connectivity index is 1.31. The zero-order valence-corrected chi connectivity index (χ0v) is 55.7. The molecule has 0 saturated carbocycles. The van der Waals surface area contributed by atoms with Gasteiger partial charge in [0.1, 0.15) is 14.3 Å². The Bertz CT molecular complexity index is 2640. The molecule has 0 radical (unpaired) electrons. The van der Waals surface area contributed by atoms with E-state index in [-0.39, 0.29) is 94.4 Å². The van der Waals surface area contributed by atoms with Gasteiger partial charge in [0.05, 0.1) is 44.2 Å². The summed E-state index contributed by atoms with van der Waals surface area (Å²) in [5, 5.41) is 3.09. The number of hydrogen-bond acceptors (Lipinski definition) is 8. The van der Waals surface area contributed by atoms with E-state index < -0.39 is 34.9 Å². The van der Waals surface area contributed by atoms with Crippen molar-refractivity contribution in [1.82, 2.24) is 0 Å². The van der Waals surface area contributed by atoms with Crippen LogP contribution in [-0.2, 0) is 79.7 Å². The fourth-order valence-corrected chi connectivity index (χ4v) is 23.1. The van der Waals surface area contributed by atoms with Crippen LogP contribution in [0.5, 0.6) is 0 Å². The molecule has 12 heteroatoms. The summed E-state index contributed by atoms with van der Waals surface area (Å²) in [6.45, 7) is 52.3. The first-order valence-corrected chi connectivity index (χ1v) is 35.4. The van der Waals surface area contributed by atoms with E-state index in [1.54, 1.807) is 0 Å². The number of benzene rings is 4. The van der Waals surface area contributed by atoms with Crippen molar-refractivity contribution in [3.05, 3.63) is 117 Å². The fraction of sp³-hybridized carbons (Fsp3) is 0.631. The Labute approximate surface area is 468 Å². The van der Waals surface area contributed by atoms with Crippen LogP contribution in [0, 0.1) is 5.41 Å². The van der Waals surface area contributed by atoms with Crippen LogP contribution in [0.3, 0.4) is 0 Å². The molecule has 0 atom stereocenters. The first-order chi connectivity index (χ1) is 34.6. The number of rotatable bonds is 10. The average Bonchev–Trinajstić information content (AvgIpc) is 3.29. The van der Waals surface area contributed by atoms with Gasteiger partial charge < -0.3 is 27.2 Å². The lowest BCUT2D eigenvalue weighted by Gasteiger charge is -2.43. The molecular formula is C65H100O8P4. The van der Waals surface area contributed by atoms with Crippen molar-refractivity contribution in [1.29, 1.82) is 0 Å². The highest BCUT2D eigenvalue weighted by atomic mass is 31.2. The highest BCUT2D eigenvalue weighted by Crippen LogP contribution is 2.63. The van der Waals surface area contributed by atoms with Gasteiger partial charge >= 0.3 is 15.2 Å². The van der Waals surface area contributed by atoms with Gasteiger partial charge in [0.2, 0.25) is 0 Å². The number of hydrogen-bond donors (Lipinski definition) is 0. The standard InChI is InChI=1S/C65H100O8P4/c1-57(2,3)45-25-29-53(49(37-45)61(13,14)15)74(66,54-30-26-46(58(4,5)6)38-50(54)62(16,17)18)33-35-76(68)70-41-65(42-71-76)43-72-77(69,73-44-65)36-34-75(67,55-31-27-47(59(7,8)9)39-51(55)63(19,20)21)56-32-28-48(60(10,11)12)40-52(56)64(22,23)24/h25-32,37-40H,33-36,41-44H2,1-24H3. The van der Waals surface area contributed by atoms with Crippen LogP contribution in [0.2, 0.25) is 0 Å². The minimum atomic E-state index is -3.82. The van der Waals surface area contributed by atoms with Crippen LogP contribution in [0.25, 0.3) is 0 Å². The third kappa shape index (κ3) is 14.1. The molecule has 77 heavy (non-hydrogen) atoms. The summed E-state index contributed by atoms with van der Waals surface area (Å²) in [7, 11) is -14.7. The minimum Gasteiger partial charge on any atom is -0.314 e.